The van der Waals surface area contributed by atoms with Crippen molar-refractivity contribution in [2.24, 2.45) is 0 Å². The number of carbonyl (C=O) groups excluding carboxylic acids is 1. The molecular weight excluding hydrogens is 284 g/mol. The van der Waals surface area contributed by atoms with Gasteiger partial charge in [-0.15, -0.1) is 0 Å². The van der Waals surface area contributed by atoms with Crippen molar-refractivity contribution in [2.45, 2.75) is 39.5 Å². The Hall–Kier alpha value is -2.29. The van der Waals surface area contributed by atoms with Gasteiger partial charge < -0.3 is 10.6 Å². The first kappa shape index (κ1) is 17.1. The van der Waals surface area contributed by atoms with Crippen molar-refractivity contribution < 1.29 is 4.79 Å². The molecule has 0 radical (unpaired) electrons. The summed E-state index contributed by atoms with van der Waals surface area (Å²) in [5, 5.41) is 6.19. The third-order valence-electron chi connectivity index (χ3n) is 3.77. The first-order valence-corrected chi connectivity index (χ1v) is 8.05. The molecular formula is C20H26N2O. The SMILES string of the molecule is Cc1ccc(NCCC(=O)Nc2ccc(C(C)(C)C)cc2)cc1. The molecule has 0 heterocycles. The van der Waals surface area contributed by atoms with Crippen LogP contribution in [-0.4, -0.2) is 12.5 Å². The topological polar surface area (TPSA) is 41.1 Å². The lowest BCUT2D eigenvalue weighted by Crippen LogP contribution is -2.16. The van der Waals surface area contributed by atoms with Crippen molar-refractivity contribution in [3.8, 4) is 0 Å². The summed E-state index contributed by atoms with van der Waals surface area (Å²) in [6.07, 6.45) is 0.439. The Morgan fingerprint density at radius 2 is 1.48 bits per heavy atom. The third kappa shape index (κ3) is 5.44. The van der Waals surface area contributed by atoms with Crippen molar-refractivity contribution in [3.05, 3.63) is 59.7 Å². The maximum absolute atomic E-state index is 12.0. The van der Waals surface area contributed by atoms with Crippen molar-refractivity contribution in [1.29, 1.82) is 0 Å². The van der Waals surface area contributed by atoms with Gasteiger partial charge in [0.15, 0.2) is 0 Å². The maximum Gasteiger partial charge on any atom is 0.226 e. The summed E-state index contributed by atoms with van der Waals surface area (Å²) in [6.45, 7) is 9.21. The number of aryl methyl sites for hydroxylation is 1. The summed E-state index contributed by atoms with van der Waals surface area (Å²) >= 11 is 0. The highest BCUT2D eigenvalue weighted by molar-refractivity contribution is 5.91. The maximum atomic E-state index is 12.0. The molecule has 3 heteroatoms. The predicted octanol–water partition coefficient (Wildman–Crippen LogP) is 4.73. The number of carbonyl (C=O) groups is 1. The van der Waals surface area contributed by atoms with E-state index in [1.165, 1.54) is 11.1 Å². The fourth-order valence-electron chi connectivity index (χ4n) is 2.27. The highest BCUT2D eigenvalue weighted by Gasteiger charge is 2.13. The molecule has 0 fully saturated rings. The minimum atomic E-state index is 0.0214. The molecule has 1 amide bonds. The van der Waals surface area contributed by atoms with E-state index in [0.717, 1.165) is 11.4 Å². The van der Waals surface area contributed by atoms with Gasteiger partial charge in [-0.1, -0.05) is 50.6 Å². The highest BCUT2D eigenvalue weighted by Crippen LogP contribution is 2.23. The Labute approximate surface area is 139 Å². The molecule has 3 nitrogen and oxygen atoms in total. The van der Waals surface area contributed by atoms with Crippen LogP contribution in [0.2, 0.25) is 0 Å². The molecule has 2 rings (SSSR count). The van der Waals surface area contributed by atoms with E-state index in [9.17, 15) is 4.79 Å². The molecule has 0 aromatic heterocycles. The van der Waals surface area contributed by atoms with Crippen LogP contribution in [0.15, 0.2) is 48.5 Å². The van der Waals surface area contributed by atoms with Crippen molar-refractivity contribution in [3.63, 3.8) is 0 Å². The molecule has 2 N–H and O–H groups in total. The van der Waals surface area contributed by atoms with E-state index >= 15 is 0 Å². The van der Waals surface area contributed by atoms with Crippen LogP contribution in [0.4, 0.5) is 11.4 Å². The van der Waals surface area contributed by atoms with Crippen molar-refractivity contribution >= 4 is 17.3 Å². The largest absolute Gasteiger partial charge is 0.385 e. The molecule has 0 atom stereocenters. The molecule has 0 aliphatic carbocycles. The summed E-state index contributed by atoms with van der Waals surface area (Å²) in [4.78, 5) is 12.0. The number of benzene rings is 2. The second-order valence-corrected chi connectivity index (χ2v) is 6.92. The molecule has 0 saturated carbocycles. The Kier molecular flexibility index (Phi) is 5.43. The fourth-order valence-corrected chi connectivity index (χ4v) is 2.27. The summed E-state index contributed by atoms with van der Waals surface area (Å²) in [5.41, 5.74) is 4.50. The number of hydrogen-bond acceptors (Lipinski definition) is 2. The Morgan fingerprint density at radius 3 is 2.04 bits per heavy atom. The lowest BCUT2D eigenvalue weighted by atomic mass is 9.87. The monoisotopic (exact) mass is 310 g/mol. The fraction of sp³-hybridized carbons (Fsp3) is 0.350. The van der Waals surface area contributed by atoms with Crippen molar-refractivity contribution in [1.82, 2.24) is 0 Å². The second-order valence-electron chi connectivity index (χ2n) is 6.92. The quantitative estimate of drug-likeness (QED) is 0.838. The van der Waals surface area contributed by atoms with Crippen LogP contribution in [0.3, 0.4) is 0 Å². The molecule has 2 aromatic carbocycles. The Morgan fingerprint density at radius 1 is 0.913 bits per heavy atom. The van der Waals surface area contributed by atoms with Crippen LogP contribution < -0.4 is 10.6 Å². The summed E-state index contributed by atoms with van der Waals surface area (Å²) in [5.74, 6) is 0.0214. The molecule has 0 aliphatic rings. The van der Waals surface area contributed by atoms with Gasteiger partial charge in [-0.2, -0.15) is 0 Å². The van der Waals surface area contributed by atoms with Gasteiger partial charge >= 0.3 is 0 Å². The standard InChI is InChI=1S/C20H26N2O/c1-15-5-9-17(10-6-15)21-14-13-19(23)22-18-11-7-16(8-12-18)20(2,3)4/h5-12,21H,13-14H2,1-4H3,(H,22,23). The molecule has 0 unspecified atom stereocenters. The average Bonchev–Trinajstić information content (AvgIpc) is 2.49. The molecule has 122 valence electrons. The zero-order valence-electron chi connectivity index (χ0n) is 14.4. The van der Waals surface area contributed by atoms with Gasteiger partial charge in [-0.05, 0) is 42.2 Å². The number of hydrogen-bond donors (Lipinski definition) is 2. The minimum Gasteiger partial charge on any atom is -0.385 e. The smallest absolute Gasteiger partial charge is 0.226 e. The summed E-state index contributed by atoms with van der Waals surface area (Å²) in [6, 6.07) is 16.2. The summed E-state index contributed by atoms with van der Waals surface area (Å²) in [7, 11) is 0. The van der Waals surface area contributed by atoms with Crippen LogP contribution >= 0.6 is 0 Å². The summed E-state index contributed by atoms with van der Waals surface area (Å²) < 4.78 is 0. The van der Waals surface area contributed by atoms with Gasteiger partial charge in [0, 0.05) is 24.3 Å². The van der Waals surface area contributed by atoms with Gasteiger partial charge in [0.25, 0.3) is 0 Å². The second kappa shape index (κ2) is 7.32. The number of anilines is 2. The van der Waals surface area contributed by atoms with Gasteiger partial charge in [-0.25, -0.2) is 0 Å². The van der Waals surface area contributed by atoms with Gasteiger partial charge in [-0.3, -0.25) is 4.79 Å². The third-order valence-corrected chi connectivity index (χ3v) is 3.77. The number of nitrogens with one attached hydrogen (secondary N) is 2. The number of amides is 1. The normalized spacial score (nSPS) is 11.1. The first-order chi connectivity index (χ1) is 10.8. The van der Waals surface area contributed by atoms with Crippen LogP contribution in [0.25, 0.3) is 0 Å². The van der Waals surface area contributed by atoms with Crippen molar-refractivity contribution in [2.75, 3.05) is 17.2 Å². The van der Waals surface area contributed by atoms with E-state index < -0.39 is 0 Å². The molecule has 0 aliphatic heterocycles. The highest BCUT2D eigenvalue weighted by atomic mass is 16.1. The van der Waals surface area contributed by atoms with Crippen LogP contribution in [0, 0.1) is 6.92 Å². The van der Waals surface area contributed by atoms with Crippen LogP contribution in [-0.2, 0) is 10.2 Å². The minimum absolute atomic E-state index is 0.0214. The van der Waals surface area contributed by atoms with E-state index in [4.69, 9.17) is 0 Å². The van der Waals surface area contributed by atoms with E-state index in [0.29, 0.717) is 13.0 Å². The van der Waals surface area contributed by atoms with Gasteiger partial charge in [0.2, 0.25) is 5.91 Å². The Balaban J connectivity index is 1.79. The van der Waals surface area contributed by atoms with E-state index in [2.05, 4.69) is 62.6 Å². The van der Waals surface area contributed by atoms with E-state index in [-0.39, 0.29) is 11.3 Å². The lowest BCUT2D eigenvalue weighted by Gasteiger charge is -2.19. The van der Waals surface area contributed by atoms with Crippen LogP contribution in [0.1, 0.15) is 38.3 Å². The zero-order chi connectivity index (χ0) is 16.9. The first-order valence-electron chi connectivity index (χ1n) is 8.05. The lowest BCUT2D eigenvalue weighted by molar-refractivity contribution is -0.115. The van der Waals surface area contributed by atoms with Gasteiger partial charge in [0.05, 0.1) is 0 Å². The Bertz CT molecular complexity index is 637. The van der Waals surface area contributed by atoms with E-state index in [1.54, 1.807) is 0 Å². The molecule has 2 aromatic rings. The number of rotatable bonds is 5. The molecule has 23 heavy (non-hydrogen) atoms. The molecule has 0 saturated heterocycles. The molecule has 0 spiro atoms. The predicted molar refractivity (Wildman–Crippen MR) is 98.1 cm³/mol. The zero-order valence-corrected chi connectivity index (χ0v) is 14.4. The average molecular weight is 310 g/mol. The van der Waals surface area contributed by atoms with Crippen LogP contribution in [0.5, 0.6) is 0 Å². The molecule has 0 bridgehead atoms. The van der Waals surface area contributed by atoms with E-state index in [1.807, 2.05) is 24.3 Å². The van der Waals surface area contributed by atoms with Gasteiger partial charge in [0.1, 0.15) is 0 Å².